The molecule has 4 aromatic rings. The summed E-state index contributed by atoms with van der Waals surface area (Å²) in [6, 6.07) is 7.80. The van der Waals surface area contributed by atoms with Crippen molar-refractivity contribution in [1.82, 2.24) is 25.0 Å². The molecule has 3 aromatic heterocycles. The SMILES string of the molecule is CNC(=O)c1oc2cncc(-c3ccc(-c4cnn(CC(=O)N(C)C)c4)cc3)c2c1N. The van der Waals surface area contributed by atoms with E-state index in [4.69, 9.17) is 10.2 Å². The first-order chi connectivity index (χ1) is 14.9. The van der Waals surface area contributed by atoms with E-state index in [1.165, 1.54) is 11.9 Å². The third kappa shape index (κ3) is 3.73. The van der Waals surface area contributed by atoms with Gasteiger partial charge in [-0.2, -0.15) is 5.10 Å². The molecule has 3 N–H and O–H groups in total. The number of nitrogens with two attached hydrogens (primary N) is 1. The number of nitrogens with one attached hydrogen (secondary N) is 1. The Bertz CT molecular complexity index is 1270. The van der Waals surface area contributed by atoms with Crippen LogP contribution in [0.4, 0.5) is 5.69 Å². The molecule has 0 aliphatic rings. The van der Waals surface area contributed by atoms with Gasteiger partial charge in [0.05, 0.1) is 23.5 Å². The van der Waals surface area contributed by atoms with Crippen molar-refractivity contribution < 1.29 is 14.0 Å². The van der Waals surface area contributed by atoms with E-state index in [1.54, 1.807) is 37.4 Å². The molecule has 2 amide bonds. The first kappa shape index (κ1) is 20.1. The van der Waals surface area contributed by atoms with E-state index in [0.717, 1.165) is 22.3 Å². The zero-order valence-electron chi connectivity index (χ0n) is 17.4. The number of benzene rings is 1. The number of aromatic nitrogens is 3. The zero-order valence-corrected chi connectivity index (χ0v) is 17.4. The number of carbonyl (C=O) groups excluding carboxylic acids is 2. The highest BCUT2D eigenvalue weighted by molar-refractivity contribution is 6.10. The van der Waals surface area contributed by atoms with Crippen LogP contribution < -0.4 is 11.1 Å². The van der Waals surface area contributed by atoms with E-state index in [1.807, 2.05) is 30.5 Å². The first-order valence-corrected chi connectivity index (χ1v) is 9.60. The highest BCUT2D eigenvalue weighted by Crippen LogP contribution is 2.36. The number of fused-ring (bicyclic) bond motifs is 1. The molecule has 0 aliphatic heterocycles. The van der Waals surface area contributed by atoms with Crippen LogP contribution in [-0.4, -0.2) is 52.6 Å². The zero-order chi connectivity index (χ0) is 22.1. The summed E-state index contributed by atoms with van der Waals surface area (Å²) in [5.41, 5.74) is 10.5. The van der Waals surface area contributed by atoms with Crippen molar-refractivity contribution in [2.45, 2.75) is 6.54 Å². The van der Waals surface area contributed by atoms with Crippen LogP contribution in [0.2, 0.25) is 0 Å². The van der Waals surface area contributed by atoms with Crippen LogP contribution >= 0.6 is 0 Å². The number of nitrogens with zero attached hydrogens (tertiary/aromatic N) is 4. The maximum Gasteiger partial charge on any atom is 0.288 e. The summed E-state index contributed by atoms with van der Waals surface area (Å²) in [7, 11) is 4.95. The van der Waals surface area contributed by atoms with E-state index < -0.39 is 0 Å². The van der Waals surface area contributed by atoms with Crippen LogP contribution in [0, 0.1) is 0 Å². The minimum absolute atomic E-state index is 0.0283. The smallest absolute Gasteiger partial charge is 0.288 e. The molecule has 9 heteroatoms. The maximum atomic E-state index is 12.0. The van der Waals surface area contributed by atoms with Gasteiger partial charge in [-0.1, -0.05) is 24.3 Å². The molecule has 9 nitrogen and oxygen atoms in total. The van der Waals surface area contributed by atoms with E-state index in [0.29, 0.717) is 11.0 Å². The van der Waals surface area contributed by atoms with Gasteiger partial charge in [-0.3, -0.25) is 19.3 Å². The summed E-state index contributed by atoms with van der Waals surface area (Å²) in [6.45, 7) is 0.187. The topological polar surface area (TPSA) is 119 Å². The van der Waals surface area contributed by atoms with Crippen LogP contribution in [0.15, 0.2) is 53.5 Å². The van der Waals surface area contributed by atoms with Gasteiger partial charge in [0.1, 0.15) is 6.54 Å². The lowest BCUT2D eigenvalue weighted by Crippen LogP contribution is -2.26. The van der Waals surface area contributed by atoms with Crippen LogP contribution in [0.5, 0.6) is 0 Å². The second-order valence-corrected chi connectivity index (χ2v) is 7.28. The molecule has 158 valence electrons. The molecular formula is C22H22N6O3. The number of hydrogen-bond donors (Lipinski definition) is 2. The largest absolute Gasteiger partial charge is 0.447 e. The summed E-state index contributed by atoms with van der Waals surface area (Å²) >= 11 is 0. The highest BCUT2D eigenvalue weighted by atomic mass is 16.3. The maximum absolute atomic E-state index is 12.0. The van der Waals surface area contributed by atoms with Crippen molar-refractivity contribution in [1.29, 1.82) is 0 Å². The number of anilines is 1. The van der Waals surface area contributed by atoms with Gasteiger partial charge in [-0.25, -0.2) is 0 Å². The molecule has 0 saturated heterocycles. The Labute approximate surface area is 178 Å². The molecule has 0 aliphatic carbocycles. The Kier molecular flexibility index (Phi) is 5.16. The highest BCUT2D eigenvalue weighted by Gasteiger charge is 2.20. The second-order valence-electron chi connectivity index (χ2n) is 7.28. The molecule has 4 rings (SSSR count). The van der Waals surface area contributed by atoms with Crippen LogP contribution in [0.3, 0.4) is 0 Å². The van der Waals surface area contributed by atoms with Gasteiger partial charge in [0.2, 0.25) is 11.7 Å². The number of nitrogen functional groups attached to an aromatic ring is 1. The molecule has 0 saturated carbocycles. The summed E-state index contributed by atoms with van der Waals surface area (Å²) < 4.78 is 7.23. The number of furan rings is 1. The molecule has 0 spiro atoms. The van der Waals surface area contributed by atoms with E-state index in [9.17, 15) is 9.59 Å². The molecule has 0 fully saturated rings. The van der Waals surface area contributed by atoms with Gasteiger partial charge in [-0.05, 0) is 11.1 Å². The van der Waals surface area contributed by atoms with Gasteiger partial charge in [0.25, 0.3) is 5.91 Å². The minimum Gasteiger partial charge on any atom is -0.447 e. The fraction of sp³-hybridized carbons (Fsp3) is 0.182. The van der Waals surface area contributed by atoms with Crippen LogP contribution in [0.1, 0.15) is 10.6 Å². The Morgan fingerprint density at radius 1 is 1.10 bits per heavy atom. The monoisotopic (exact) mass is 418 g/mol. The fourth-order valence-corrected chi connectivity index (χ4v) is 3.30. The standard InChI is InChI=1S/C22H22N6O3/c1-24-22(30)21-20(23)19-16(9-25-10-17(19)31-21)14-6-4-13(5-7-14)15-8-26-28(11-15)12-18(29)27(2)3/h4-11H,12,23H2,1-3H3,(H,24,30). The number of amides is 2. The first-order valence-electron chi connectivity index (χ1n) is 9.60. The Balaban J connectivity index is 1.66. The van der Waals surface area contributed by atoms with Gasteiger partial charge in [-0.15, -0.1) is 0 Å². The van der Waals surface area contributed by atoms with Gasteiger partial charge in [0, 0.05) is 44.7 Å². The summed E-state index contributed by atoms with van der Waals surface area (Å²) in [5, 5.41) is 7.44. The quantitative estimate of drug-likeness (QED) is 0.514. The molecule has 0 unspecified atom stereocenters. The predicted octanol–water partition coefficient (Wildman–Crippen LogP) is 2.39. The molecule has 1 aromatic carbocycles. The van der Waals surface area contributed by atoms with Crippen molar-refractivity contribution in [2.75, 3.05) is 26.9 Å². The Morgan fingerprint density at radius 2 is 1.81 bits per heavy atom. The van der Waals surface area contributed by atoms with Gasteiger partial charge < -0.3 is 20.4 Å². The van der Waals surface area contributed by atoms with Crippen molar-refractivity contribution in [3.8, 4) is 22.3 Å². The third-order valence-electron chi connectivity index (χ3n) is 5.03. The van der Waals surface area contributed by atoms with Crippen molar-refractivity contribution in [3.05, 3.63) is 54.8 Å². The molecule has 3 heterocycles. The molecule has 31 heavy (non-hydrogen) atoms. The lowest BCUT2D eigenvalue weighted by molar-refractivity contribution is -0.129. The number of rotatable bonds is 5. The molecular weight excluding hydrogens is 396 g/mol. The Morgan fingerprint density at radius 3 is 2.48 bits per heavy atom. The average molecular weight is 418 g/mol. The number of pyridine rings is 1. The number of carbonyl (C=O) groups is 2. The Hall–Kier alpha value is -4.14. The average Bonchev–Trinajstić information content (AvgIpc) is 3.38. The summed E-state index contributed by atoms with van der Waals surface area (Å²) in [4.78, 5) is 29.6. The molecule has 0 bridgehead atoms. The van der Waals surface area contributed by atoms with Crippen molar-refractivity contribution >= 4 is 28.5 Å². The van der Waals surface area contributed by atoms with Crippen LogP contribution in [-0.2, 0) is 11.3 Å². The lowest BCUT2D eigenvalue weighted by Gasteiger charge is -2.09. The lowest BCUT2D eigenvalue weighted by atomic mass is 10.00. The van der Waals surface area contributed by atoms with E-state index in [-0.39, 0.29) is 29.8 Å². The number of likely N-dealkylation sites (N-methyl/N-ethyl adjacent to an activating group) is 1. The molecule has 0 atom stereocenters. The summed E-state index contributed by atoms with van der Waals surface area (Å²) in [5.74, 6) is -0.345. The fourth-order valence-electron chi connectivity index (χ4n) is 3.30. The van der Waals surface area contributed by atoms with Gasteiger partial charge >= 0.3 is 0 Å². The van der Waals surface area contributed by atoms with Crippen molar-refractivity contribution in [3.63, 3.8) is 0 Å². The van der Waals surface area contributed by atoms with Crippen LogP contribution in [0.25, 0.3) is 33.2 Å². The normalized spacial score (nSPS) is 10.9. The number of hydrogen-bond acceptors (Lipinski definition) is 6. The molecule has 0 radical (unpaired) electrons. The van der Waals surface area contributed by atoms with Gasteiger partial charge in [0.15, 0.2) is 5.58 Å². The third-order valence-corrected chi connectivity index (χ3v) is 5.03. The van der Waals surface area contributed by atoms with E-state index in [2.05, 4.69) is 15.4 Å². The second kappa shape index (κ2) is 7.94. The predicted molar refractivity (Wildman–Crippen MR) is 117 cm³/mol. The van der Waals surface area contributed by atoms with Crippen molar-refractivity contribution in [2.24, 2.45) is 0 Å². The summed E-state index contributed by atoms with van der Waals surface area (Å²) in [6.07, 6.45) is 6.80. The minimum atomic E-state index is -0.389. The van der Waals surface area contributed by atoms with E-state index >= 15 is 0 Å².